The normalized spacial score (nSPS) is 10.1. The lowest BCUT2D eigenvalue weighted by molar-refractivity contribution is 0.143. The van der Waals surface area contributed by atoms with E-state index in [9.17, 15) is 5.11 Å². The summed E-state index contributed by atoms with van der Waals surface area (Å²) >= 11 is 0. The minimum atomic E-state index is -0.944. The largest absolute Gasteiger partial charge is 0.383 e. The van der Waals surface area contributed by atoms with Crippen molar-refractivity contribution in [3.05, 3.63) is 35.4 Å². The molecule has 1 aromatic rings. The fourth-order valence-electron chi connectivity index (χ4n) is 1.34. The summed E-state index contributed by atoms with van der Waals surface area (Å²) in [6.07, 6.45) is 0. The zero-order chi connectivity index (χ0) is 15.4. The van der Waals surface area contributed by atoms with Crippen LogP contribution in [0.3, 0.4) is 0 Å². The molecule has 0 aliphatic rings. The van der Waals surface area contributed by atoms with E-state index in [0.717, 1.165) is 25.3 Å². The molecule has 0 bridgehead atoms. The third-order valence-electron chi connectivity index (χ3n) is 2.28. The lowest BCUT2D eigenvalue weighted by Gasteiger charge is -2.06. The van der Waals surface area contributed by atoms with Crippen LogP contribution in [0.1, 0.15) is 38.8 Å². The molecular formula is C17H27NO2. The second-order valence-corrected chi connectivity index (χ2v) is 4.68. The van der Waals surface area contributed by atoms with Crippen molar-refractivity contribution < 1.29 is 9.84 Å². The average molecular weight is 277 g/mol. The molecule has 0 fully saturated rings. The number of benzene rings is 1. The van der Waals surface area contributed by atoms with Gasteiger partial charge in [0.05, 0.1) is 6.61 Å². The molecule has 0 unspecified atom stereocenters. The van der Waals surface area contributed by atoms with E-state index in [0.29, 0.717) is 0 Å². The first kappa shape index (κ1) is 18.7. The summed E-state index contributed by atoms with van der Waals surface area (Å²) in [5.74, 6) is 5.74. The zero-order valence-electron chi connectivity index (χ0n) is 13.3. The van der Waals surface area contributed by atoms with Gasteiger partial charge in [0, 0.05) is 25.8 Å². The van der Waals surface area contributed by atoms with Gasteiger partial charge in [0.2, 0.25) is 0 Å². The summed E-state index contributed by atoms with van der Waals surface area (Å²) in [7, 11) is 1.69. The molecule has 112 valence electrons. The van der Waals surface area contributed by atoms with Crippen LogP contribution < -0.4 is 5.32 Å². The minimum absolute atomic E-state index is 0.717. The molecule has 0 radical (unpaired) electrons. The first-order valence-corrected chi connectivity index (χ1v) is 7.05. The van der Waals surface area contributed by atoms with Crippen LogP contribution in [0.4, 0.5) is 0 Å². The Balaban J connectivity index is 0.00000172. The third-order valence-corrected chi connectivity index (χ3v) is 2.28. The van der Waals surface area contributed by atoms with Crippen molar-refractivity contribution >= 4 is 0 Å². The summed E-state index contributed by atoms with van der Waals surface area (Å²) in [4.78, 5) is 0. The number of rotatable bonds is 5. The fourth-order valence-corrected chi connectivity index (χ4v) is 1.34. The number of ether oxygens (including phenoxy) is 1. The van der Waals surface area contributed by atoms with Gasteiger partial charge in [-0.1, -0.05) is 37.8 Å². The lowest BCUT2D eigenvalue weighted by Crippen LogP contribution is -2.18. The molecule has 0 heterocycles. The SMILES string of the molecule is CC.COCCNCc1ccc(C#CC(C)(C)O)cc1. The number of hydrogen-bond acceptors (Lipinski definition) is 3. The summed E-state index contributed by atoms with van der Waals surface area (Å²) in [5.41, 5.74) is 1.18. The quantitative estimate of drug-likeness (QED) is 0.642. The molecule has 0 aromatic heterocycles. The Morgan fingerprint density at radius 3 is 2.30 bits per heavy atom. The molecule has 0 atom stereocenters. The number of methoxy groups -OCH3 is 1. The highest BCUT2D eigenvalue weighted by atomic mass is 16.5. The Bertz CT molecular complexity index is 407. The second kappa shape index (κ2) is 10.4. The molecule has 0 amide bonds. The molecule has 1 aromatic carbocycles. The van der Waals surface area contributed by atoms with Crippen molar-refractivity contribution in [1.29, 1.82) is 0 Å². The molecule has 20 heavy (non-hydrogen) atoms. The van der Waals surface area contributed by atoms with Crippen LogP contribution in [-0.4, -0.2) is 31.0 Å². The first-order valence-electron chi connectivity index (χ1n) is 7.05. The van der Waals surface area contributed by atoms with Crippen molar-refractivity contribution in [1.82, 2.24) is 5.32 Å². The van der Waals surface area contributed by atoms with Gasteiger partial charge in [-0.25, -0.2) is 0 Å². The Labute approximate surface area is 123 Å². The Hall–Kier alpha value is -1.34. The van der Waals surface area contributed by atoms with Crippen LogP contribution in [0, 0.1) is 11.8 Å². The van der Waals surface area contributed by atoms with E-state index < -0.39 is 5.60 Å². The molecule has 0 aliphatic heterocycles. The Kier molecular flexibility index (Phi) is 9.75. The van der Waals surface area contributed by atoms with Gasteiger partial charge in [0.1, 0.15) is 5.60 Å². The molecule has 3 nitrogen and oxygen atoms in total. The molecule has 0 spiro atoms. The maximum atomic E-state index is 9.50. The lowest BCUT2D eigenvalue weighted by atomic mass is 10.1. The highest BCUT2D eigenvalue weighted by Gasteiger charge is 2.05. The van der Waals surface area contributed by atoms with Crippen LogP contribution in [0.5, 0.6) is 0 Å². The average Bonchev–Trinajstić information content (AvgIpc) is 2.44. The van der Waals surface area contributed by atoms with Crippen molar-refractivity contribution in [3.8, 4) is 11.8 Å². The topological polar surface area (TPSA) is 41.5 Å². The van der Waals surface area contributed by atoms with Gasteiger partial charge in [-0.05, 0) is 31.5 Å². The second-order valence-electron chi connectivity index (χ2n) is 4.68. The monoisotopic (exact) mass is 277 g/mol. The highest BCUT2D eigenvalue weighted by molar-refractivity contribution is 5.37. The predicted octanol–water partition coefficient (Wildman–Crippen LogP) is 2.57. The fraction of sp³-hybridized carbons (Fsp3) is 0.529. The van der Waals surface area contributed by atoms with Crippen molar-refractivity contribution in [2.45, 2.75) is 39.8 Å². The van der Waals surface area contributed by atoms with E-state index in [1.54, 1.807) is 21.0 Å². The van der Waals surface area contributed by atoms with Crippen LogP contribution in [-0.2, 0) is 11.3 Å². The standard InChI is InChI=1S/C15H21NO2.C2H6/c1-15(2,17)9-8-13-4-6-14(7-5-13)12-16-10-11-18-3;1-2/h4-7,16-17H,10-12H2,1-3H3;1-2H3. The molecule has 3 heteroatoms. The van der Waals surface area contributed by atoms with Crippen LogP contribution in [0.25, 0.3) is 0 Å². The maximum Gasteiger partial charge on any atom is 0.120 e. The van der Waals surface area contributed by atoms with Gasteiger partial charge in [-0.15, -0.1) is 0 Å². The summed E-state index contributed by atoms with van der Waals surface area (Å²) in [6, 6.07) is 8.00. The van der Waals surface area contributed by atoms with E-state index in [2.05, 4.69) is 17.2 Å². The maximum absolute atomic E-state index is 9.50. The molecule has 0 saturated carbocycles. The van der Waals surface area contributed by atoms with Crippen LogP contribution in [0.15, 0.2) is 24.3 Å². The number of hydrogen-bond donors (Lipinski definition) is 2. The Morgan fingerprint density at radius 1 is 1.20 bits per heavy atom. The summed E-state index contributed by atoms with van der Waals surface area (Å²) < 4.78 is 4.96. The van der Waals surface area contributed by atoms with E-state index in [1.165, 1.54) is 5.56 Å². The summed E-state index contributed by atoms with van der Waals surface area (Å²) in [6.45, 7) is 9.73. The van der Waals surface area contributed by atoms with E-state index in [1.807, 2.05) is 38.1 Å². The number of aliphatic hydroxyl groups is 1. The molecule has 2 N–H and O–H groups in total. The van der Waals surface area contributed by atoms with Crippen LogP contribution >= 0.6 is 0 Å². The first-order chi connectivity index (χ1) is 9.51. The van der Waals surface area contributed by atoms with Gasteiger partial charge in [-0.2, -0.15) is 0 Å². The summed E-state index contributed by atoms with van der Waals surface area (Å²) in [5, 5.41) is 12.8. The molecule has 1 rings (SSSR count). The van der Waals surface area contributed by atoms with Gasteiger partial charge < -0.3 is 15.2 Å². The van der Waals surface area contributed by atoms with E-state index in [-0.39, 0.29) is 0 Å². The number of nitrogens with one attached hydrogen (secondary N) is 1. The third kappa shape index (κ3) is 9.57. The van der Waals surface area contributed by atoms with Gasteiger partial charge >= 0.3 is 0 Å². The highest BCUT2D eigenvalue weighted by Crippen LogP contribution is 2.04. The van der Waals surface area contributed by atoms with Gasteiger partial charge in [0.15, 0.2) is 0 Å². The van der Waals surface area contributed by atoms with Crippen LogP contribution in [0.2, 0.25) is 0 Å². The smallest absolute Gasteiger partial charge is 0.120 e. The molecule has 0 saturated heterocycles. The van der Waals surface area contributed by atoms with E-state index >= 15 is 0 Å². The minimum Gasteiger partial charge on any atom is -0.383 e. The molecular weight excluding hydrogens is 250 g/mol. The van der Waals surface area contributed by atoms with Gasteiger partial charge in [0.25, 0.3) is 0 Å². The zero-order valence-corrected chi connectivity index (χ0v) is 13.3. The van der Waals surface area contributed by atoms with Gasteiger partial charge in [-0.3, -0.25) is 0 Å². The molecule has 0 aliphatic carbocycles. The van der Waals surface area contributed by atoms with Crippen molar-refractivity contribution in [2.24, 2.45) is 0 Å². The predicted molar refractivity (Wildman–Crippen MR) is 84.5 cm³/mol. The van der Waals surface area contributed by atoms with Crippen molar-refractivity contribution in [2.75, 3.05) is 20.3 Å². The Morgan fingerprint density at radius 2 is 1.80 bits per heavy atom. The van der Waals surface area contributed by atoms with Crippen molar-refractivity contribution in [3.63, 3.8) is 0 Å². The van der Waals surface area contributed by atoms with E-state index in [4.69, 9.17) is 4.74 Å².